The fourth-order valence-corrected chi connectivity index (χ4v) is 4.98. The van der Waals surface area contributed by atoms with Crippen LogP contribution < -0.4 is 5.32 Å². The third-order valence-corrected chi connectivity index (χ3v) is 6.88. The van der Waals surface area contributed by atoms with Gasteiger partial charge in [0.2, 0.25) is 5.91 Å². The van der Waals surface area contributed by atoms with Gasteiger partial charge in [-0.25, -0.2) is 13.6 Å². The number of nitrogens with one attached hydrogen (secondary N) is 1. The zero-order valence-corrected chi connectivity index (χ0v) is 20.1. The van der Waals surface area contributed by atoms with Gasteiger partial charge in [-0.05, 0) is 60.2 Å². The topological polar surface area (TPSA) is 79.0 Å². The first kappa shape index (κ1) is 25.5. The molecule has 2 aromatic carbocycles. The van der Waals surface area contributed by atoms with E-state index in [1.807, 2.05) is 0 Å². The van der Waals surface area contributed by atoms with Crippen molar-refractivity contribution in [1.82, 2.24) is 15.1 Å². The Hall–Kier alpha value is -3.59. The van der Waals surface area contributed by atoms with E-state index in [-0.39, 0.29) is 43.1 Å². The van der Waals surface area contributed by atoms with Crippen LogP contribution in [-0.4, -0.2) is 66.5 Å². The summed E-state index contributed by atoms with van der Waals surface area (Å²) in [6.07, 6.45) is 4.23. The second kappa shape index (κ2) is 11.0. The average Bonchev–Trinajstić information content (AvgIpc) is 3.11. The van der Waals surface area contributed by atoms with Gasteiger partial charge in [-0.1, -0.05) is 24.3 Å². The van der Waals surface area contributed by atoms with Crippen molar-refractivity contribution in [2.45, 2.75) is 24.8 Å². The smallest absolute Gasteiger partial charge is 0.325 e. The Morgan fingerprint density at radius 3 is 2.50 bits per heavy atom. The van der Waals surface area contributed by atoms with E-state index in [1.165, 1.54) is 37.5 Å². The Bertz CT molecular complexity index is 1150. The number of ether oxygens (including phenoxy) is 1. The Morgan fingerprint density at radius 2 is 1.83 bits per heavy atom. The standard InChI is InChI=1S/C27H29F2N3O4/c1-36-16-15-32-25(34)27(30-26(32)35,18-20-3-2-4-23(29)17-20)21-11-13-31(14-12-21)24(33)10-7-19-5-8-22(28)9-6-19/h2-10,17,21H,11-16,18H2,1H3,(H,30,35)/b10-7+/t27-/m0/s1. The van der Waals surface area contributed by atoms with Crippen molar-refractivity contribution in [2.75, 3.05) is 33.4 Å². The summed E-state index contributed by atoms with van der Waals surface area (Å²) in [4.78, 5) is 42.0. The normalized spacial score (nSPS) is 20.9. The van der Waals surface area contributed by atoms with Gasteiger partial charge in [-0.3, -0.25) is 14.5 Å². The molecule has 0 aliphatic carbocycles. The number of methoxy groups -OCH3 is 1. The highest BCUT2D eigenvalue weighted by atomic mass is 19.1. The van der Waals surface area contributed by atoms with E-state index in [0.717, 1.165) is 4.90 Å². The van der Waals surface area contributed by atoms with Crippen LogP contribution in [0.1, 0.15) is 24.0 Å². The van der Waals surface area contributed by atoms with Crippen LogP contribution in [-0.2, 0) is 20.7 Å². The predicted molar refractivity (Wildman–Crippen MR) is 130 cm³/mol. The van der Waals surface area contributed by atoms with E-state index in [0.29, 0.717) is 37.1 Å². The molecule has 9 heteroatoms. The molecule has 1 atom stereocenters. The van der Waals surface area contributed by atoms with Crippen molar-refractivity contribution >= 4 is 23.9 Å². The largest absolute Gasteiger partial charge is 0.383 e. The van der Waals surface area contributed by atoms with Gasteiger partial charge in [0.25, 0.3) is 5.91 Å². The zero-order chi connectivity index (χ0) is 25.7. The van der Waals surface area contributed by atoms with Crippen LogP contribution in [0.3, 0.4) is 0 Å². The summed E-state index contributed by atoms with van der Waals surface area (Å²) in [5.41, 5.74) is 0.0969. The number of carbonyl (C=O) groups is 3. The van der Waals surface area contributed by atoms with Gasteiger partial charge in [0.05, 0.1) is 13.2 Å². The van der Waals surface area contributed by atoms with Crippen molar-refractivity contribution in [3.05, 3.63) is 77.4 Å². The van der Waals surface area contributed by atoms with Crippen LogP contribution in [0.5, 0.6) is 0 Å². The fourth-order valence-electron chi connectivity index (χ4n) is 4.98. The number of rotatable bonds is 8. The number of benzene rings is 2. The second-order valence-electron chi connectivity index (χ2n) is 9.14. The molecule has 190 valence electrons. The minimum Gasteiger partial charge on any atom is -0.383 e. The highest BCUT2D eigenvalue weighted by molar-refractivity contribution is 6.07. The number of urea groups is 1. The Kier molecular flexibility index (Phi) is 7.79. The van der Waals surface area contributed by atoms with E-state index in [4.69, 9.17) is 4.74 Å². The number of likely N-dealkylation sites (tertiary alicyclic amines) is 1. The van der Waals surface area contributed by atoms with E-state index >= 15 is 0 Å². The van der Waals surface area contributed by atoms with Crippen LogP contribution in [0.2, 0.25) is 0 Å². The van der Waals surface area contributed by atoms with E-state index in [1.54, 1.807) is 35.2 Å². The molecule has 2 aliphatic heterocycles. The van der Waals surface area contributed by atoms with Gasteiger partial charge >= 0.3 is 6.03 Å². The molecule has 0 radical (unpaired) electrons. The molecule has 2 fully saturated rings. The molecule has 2 heterocycles. The van der Waals surface area contributed by atoms with Crippen LogP contribution in [0, 0.1) is 17.6 Å². The minimum absolute atomic E-state index is 0.123. The molecule has 0 saturated carbocycles. The molecule has 4 rings (SSSR count). The molecule has 36 heavy (non-hydrogen) atoms. The summed E-state index contributed by atoms with van der Waals surface area (Å²) in [5.74, 6) is -1.53. The number of hydrogen-bond acceptors (Lipinski definition) is 4. The van der Waals surface area contributed by atoms with Gasteiger partial charge in [0, 0.05) is 32.7 Å². The monoisotopic (exact) mass is 497 g/mol. The molecule has 1 N–H and O–H groups in total. The van der Waals surface area contributed by atoms with E-state index < -0.39 is 17.4 Å². The van der Waals surface area contributed by atoms with Crippen LogP contribution in [0.25, 0.3) is 6.08 Å². The molecule has 2 aromatic rings. The van der Waals surface area contributed by atoms with Gasteiger partial charge < -0.3 is 15.0 Å². The Labute approximate surface area is 208 Å². The molecule has 0 unspecified atom stereocenters. The van der Waals surface area contributed by atoms with Gasteiger partial charge in [-0.15, -0.1) is 0 Å². The number of piperidine rings is 1. The summed E-state index contributed by atoms with van der Waals surface area (Å²) in [6.45, 7) is 1.15. The Morgan fingerprint density at radius 1 is 1.11 bits per heavy atom. The molecule has 2 aliphatic rings. The quantitative estimate of drug-likeness (QED) is 0.448. The lowest BCUT2D eigenvalue weighted by atomic mass is 9.74. The molecule has 7 nitrogen and oxygen atoms in total. The van der Waals surface area contributed by atoms with Gasteiger partial charge in [-0.2, -0.15) is 0 Å². The zero-order valence-electron chi connectivity index (χ0n) is 20.1. The third-order valence-electron chi connectivity index (χ3n) is 6.88. The number of imide groups is 1. The van der Waals surface area contributed by atoms with Crippen LogP contribution in [0.4, 0.5) is 13.6 Å². The molecule has 0 bridgehead atoms. The predicted octanol–water partition coefficient (Wildman–Crippen LogP) is 3.40. The first-order chi connectivity index (χ1) is 17.3. The van der Waals surface area contributed by atoms with E-state index in [9.17, 15) is 23.2 Å². The highest BCUT2D eigenvalue weighted by Crippen LogP contribution is 2.36. The summed E-state index contributed by atoms with van der Waals surface area (Å²) < 4.78 is 32.1. The summed E-state index contributed by atoms with van der Waals surface area (Å²) in [6, 6.07) is 11.4. The molecule has 0 spiro atoms. The highest BCUT2D eigenvalue weighted by Gasteiger charge is 2.55. The first-order valence-corrected chi connectivity index (χ1v) is 11.9. The average molecular weight is 498 g/mol. The lowest BCUT2D eigenvalue weighted by Gasteiger charge is -2.41. The van der Waals surface area contributed by atoms with Crippen molar-refractivity contribution < 1.29 is 27.9 Å². The van der Waals surface area contributed by atoms with Crippen molar-refractivity contribution in [3.8, 4) is 0 Å². The Balaban J connectivity index is 1.49. The molecular weight excluding hydrogens is 468 g/mol. The second-order valence-corrected chi connectivity index (χ2v) is 9.14. The summed E-state index contributed by atoms with van der Waals surface area (Å²) in [7, 11) is 1.50. The third kappa shape index (κ3) is 5.46. The van der Waals surface area contributed by atoms with Crippen molar-refractivity contribution in [1.29, 1.82) is 0 Å². The molecular formula is C27H29F2N3O4. The molecule has 4 amide bonds. The number of carbonyl (C=O) groups excluding carboxylic acids is 3. The fraction of sp³-hybridized carbons (Fsp3) is 0.370. The number of halogens is 2. The summed E-state index contributed by atoms with van der Waals surface area (Å²) in [5, 5.41) is 2.92. The maximum Gasteiger partial charge on any atom is 0.325 e. The lowest BCUT2D eigenvalue weighted by molar-refractivity contribution is -0.135. The molecule has 0 aromatic heterocycles. The van der Waals surface area contributed by atoms with Crippen LogP contribution in [0.15, 0.2) is 54.6 Å². The van der Waals surface area contributed by atoms with Gasteiger partial charge in [0.15, 0.2) is 0 Å². The summed E-state index contributed by atoms with van der Waals surface area (Å²) >= 11 is 0. The minimum atomic E-state index is -1.22. The SMILES string of the molecule is COCCN1C(=O)N[C@@](Cc2cccc(F)c2)(C2CCN(C(=O)/C=C/c3ccc(F)cc3)CC2)C1=O. The number of hydrogen-bond donors (Lipinski definition) is 1. The maximum absolute atomic E-state index is 13.9. The first-order valence-electron chi connectivity index (χ1n) is 11.9. The van der Waals surface area contributed by atoms with E-state index in [2.05, 4.69) is 5.32 Å². The van der Waals surface area contributed by atoms with Crippen molar-refractivity contribution in [2.24, 2.45) is 5.92 Å². The molecule has 2 saturated heterocycles. The van der Waals surface area contributed by atoms with Gasteiger partial charge in [0.1, 0.15) is 17.2 Å². The maximum atomic E-state index is 13.9. The lowest BCUT2D eigenvalue weighted by Crippen LogP contribution is -2.58. The van der Waals surface area contributed by atoms with Crippen molar-refractivity contribution in [3.63, 3.8) is 0 Å². The number of nitrogens with zero attached hydrogens (tertiary/aromatic N) is 2. The number of amides is 4. The van der Waals surface area contributed by atoms with Crippen LogP contribution >= 0.6 is 0 Å².